The van der Waals surface area contributed by atoms with Crippen LogP contribution in [0, 0.1) is 5.92 Å². The van der Waals surface area contributed by atoms with Crippen LogP contribution in [0.5, 0.6) is 0 Å². The Balaban J connectivity index is 2.36. The number of nitrogens with one attached hydrogen (secondary N) is 1. The van der Waals surface area contributed by atoms with Crippen molar-refractivity contribution in [2.24, 2.45) is 5.92 Å². The van der Waals surface area contributed by atoms with Crippen LogP contribution in [0.15, 0.2) is 0 Å². The zero-order chi connectivity index (χ0) is 14.4. The number of ketones is 1. The van der Waals surface area contributed by atoms with Gasteiger partial charge in [0, 0.05) is 6.42 Å². The second-order valence-corrected chi connectivity index (χ2v) is 4.81. The standard InChI is InChI=1S/C12H18N2O5/c1-8(2)7-19-12(18)13-4-11(17)14-5-10(16)3-9(14)6-15/h6,8-9H,3-5,7H2,1-2H3,(H,13,18)/t9-/m0/s1. The number of carbonyl (C=O) groups excluding carboxylic acids is 4. The van der Waals surface area contributed by atoms with Gasteiger partial charge in [-0.05, 0) is 5.92 Å². The maximum atomic E-state index is 11.7. The molecule has 0 spiro atoms. The predicted molar refractivity (Wildman–Crippen MR) is 65.4 cm³/mol. The summed E-state index contributed by atoms with van der Waals surface area (Å²) in [4.78, 5) is 46.1. The zero-order valence-corrected chi connectivity index (χ0v) is 11.0. The summed E-state index contributed by atoms with van der Waals surface area (Å²) < 4.78 is 4.83. The third-order valence-corrected chi connectivity index (χ3v) is 2.59. The van der Waals surface area contributed by atoms with Gasteiger partial charge in [-0.2, -0.15) is 0 Å². The lowest BCUT2D eigenvalue weighted by molar-refractivity contribution is -0.134. The Labute approximate surface area is 111 Å². The smallest absolute Gasteiger partial charge is 0.407 e. The van der Waals surface area contributed by atoms with Gasteiger partial charge in [0.15, 0.2) is 5.78 Å². The molecule has 1 heterocycles. The lowest BCUT2D eigenvalue weighted by atomic mass is 10.2. The van der Waals surface area contributed by atoms with Crippen molar-refractivity contribution in [3.8, 4) is 0 Å². The van der Waals surface area contributed by atoms with Crippen LogP contribution >= 0.6 is 0 Å². The van der Waals surface area contributed by atoms with E-state index in [1.54, 1.807) is 0 Å². The van der Waals surface area contributed by atoms with E-state index in [2.05, 4.69) is 5.32 Å². The fraction of sp³-hybridized carbons (Fsp3) is 0.667. The number of hydrogen-bond donors (Lipinski definition) is 1. The van der Waals surface area contributed by atoms with Gasteiger partial charge < -0.3 is 19.7 Å². The van der Waals surface area contributed by atoms with Crippen LogP contribution in [0.2, 0.25) is 0 Å². The lowest BCUT2D eigenvalue weighted by Gasteiger charge is -2.19. The normalized spacial score (nSPS) is 18.6. The maximum absolute atomic E-state index is 11.7. The Morgan fingerprint density at radius 1 is 1.53 bits per heavy atom. The van der Waals surface area contributed by atoms with Crippen molar-refractivity contribution >= 4 is 24.1 Å². The first-order chi connectivity index (χ1) is 8.93. The van der Waals surface area contributed by atoms with Gasteiger partial charge in [0.1, 0.15) is 12.8 Å². The average molecular weight is 270 g/mol. The maximum Gasteiger partial charge on any atom is 0.407 e. The van der Waals surface area contributed by atoms with E-state index < -0.39 is 18.0 Å². The molecule has 0 aromatic rings. The van der Waals surface area contributed by atoms with E-state index >= 15 is 0 Å². The van der Waals surface area contributed by atoms with Crippen molar-refractivity contribution in [2.75, 3.05) is 19.7 Å². The number of hydrogen-bond acceptors (Lipinski definition) is 5. The summed E-state index contributed by atoms with van der Waals surface area (Å²) >= 11 is 0. The first-order valence-corrected chi connectivity index (χ1v) is 6.11. The molecular formula is C12H18N2O5. The van der Waals surface area contributed by atoms with E-state index in [9.17, 15) is 19.2 Å². The molecule has 1 atom stereocenters. The van der Waals surface area contributed by atoms with E-state index in [1.807, 2.05) is 13.8 Å². The molecule has 1 N–H and O–H groups in total. The van der Waals surface area contributed by atoms with Crippen molar-refractivity contribution in [3.05, 3.63) is 0 Å². The molecule has 1 aliphatic rings. The Hall–Kier alpha value is -1.92. The number of amides is 2. The number of ether oxygens (including phenoxy) is 1. The Bertz CT molecular complexity index is 380. The summed E-state index contributed by atoms with van der Waals surface area (Å²) in [6.07, 6.45) is -0.0670. The minimum Gasteiger partial charge on any atom is -0.449 e. The second-order valence-electron chi connectivity index (χ2n) is 4.81. The minimum atomic E-state index is -0.714. The molecule has 19 heavy (non-hydrogen) atoms. The molecule has 1 aliphatic heterocycles. The number of nitrogens with zero attached hydrogens (tertiary/aromatic N) is 1. The molecule has 0 aromatic heterocycles. The van der Waals surface area contributed by atoms with Crippen LogP contribution in [0.3, 0.4) is 0 Å². The van der Waals surface area contributed by atoms with E-state index in [0.29, 0.717) is 6.29 Å². The number of alkyl carbamates (subject to hydrolysis) is 1. The Kier molecular flexibility index (Phi) is 5.47. The van der Waals surface area contributed by atoms with Gasteiger partial charge >= 0.3 is 6.09 Å². The van der Waals surface area contributed by atoms with Crippen LogP contribution < -0.4 is 5.32 Å². The van der Waals surface area contributed by atoms with Gasteiger partial charge in [0.05, 0.1) is 19.2 Å². The highest BCUT2D eigenvalue weighted by Crippen LogP contribution is 2.12. The monoisotopic (exact) mass is 270 g/mol. The topological polar surface area (TPSA) is 92.8 Å². The van der Waals surface area contributed by atoms with Crippen LogP contribution in [-0.4, -0.2) is 54.7 Å². The highest BCUT2D eigenvalue weighted by Gasteiger charge is 2.33. The Morgan fingerprint density at radius 3 is 2.79 bits per heavy atom. The fourth-order valence-corrected chi connectivity index (χ4v) is 1.65. The van der Waals surface area contributed by atoms with Crippen molar-refractivity contribution < 1.29 is 23.9 Å². The molecule has 7 heteroatoms. The van der Waals surface area contributed by atoms with Gasteiger partial charge in [0.25, 0.3) is 0 Å². The molecule has 0 bridgehead atoms. The molecule has 2 amide bonds. The summed E-state index contributed by atoms with van der Waals surface area (Å²) in [5.41, 5.74) is 0. The molecule has 0 unspecified atom stereocenters. The number of Topliss-reactive ketones (excluding diaryl/α,β-unsaturated/α-hetero) is 1. The molecule has 0 saturated carbocycles. The Morgan fingerprint density at radius 2 is 2.21 bits per heavy atom. The summed E-state index contributed by atoms with van der Waals surface area (Å²) in [5.74, 6) is -0.422. The quantitative estimate of drug-likeness (QED) is 0.695. The SMILES string of the molecule is CC(C)COC(=O)NCC(=O)N1CC(=O)C[C@H]1C=O. The molecule has 1 fully saturated rings. The van der Waals surface area contributed by atoms with E-state index in [0.717, 1.165) is 4.90 Å². The third kappa shape index (κ3) is 4.69. The lowest BCUT2D eigenvalue weighted by Crippen LogP contribution is -2.43. The zero-order valence-electron chi connectivity index (χ0n) is 11.0. The molecular weight excluding hydrogens is 252 g/mol. The fourth-order valence-electron chi connectivity index (χ4n) is 1.65. The van der Waals surface area contributed by atoms with Crippen LogP contribution in [0.1, 0.15) is 20.3 Å². The largest absolute Gasteiger partial charge is 0.449 e. The third-order valence-electron chi connectivity index (χ3n) is 2.59. The van der Waals surface area contributed by atoms with E-state index in [1.165, 1.54) is 0 Å². The molecule has 1 saturated heterocycles. The number of rotatable bonds is 5. The molecule has 106 valence electrons. The van der Waals surface area contributed by atoms with Gasteiger partial charge in [-0.3, -0.25) is 9.59 Å². The molecule has 7 nitrogen and oxygen atoms in total. The number of carbonyl (C=O) groups is 4. The van der Waals surface area contributed by atoms with E-state index in [-0.39, 0.29) is 37.8 Å². The van der Waals surface area contributed by atoms with E-state index in [4.69, 9.17) is 4.74 Å². The van der Waals surface area contributed by atoms with Crippen LogP contribution in [-0.2, 0) is 19.1 Å². The number of aldehydes is 1. The van der Waals surface area contributed by atoms with Crippen molar-refractivity contribution in [3.63, 3.8) is 0 Å². The van der Waals surface area contributed by atoms with Crippen molar-refractivity contribution in [1.82, 2.24) is 10.2 Å². The summed E-state index contributed by atoms with van der Waals surface area (Å²) in [6.45, 7) is 3.69. The van der Waals surface area contributed by atoms with Crippen LogP contribution in [0.4, 0.5) is 4.79 Å². The minimum absolute atomic E-state index is 0.0486. The van der Waals surface area contributed by atoms with Crippen LogP contribution in [0.25, 0.3) is 0 Å². The molecule has 1 rings (SSSR count). The average Bonchev–Trinajstić information content (AvgIpc) is 2.74. The second kappa shape index (κ2) is 6.86. The summed E-state index contributed by atoms with van der Waals surface area (Å²) in [7, 11) is 0. The molecule has 0 aromatic carbocycles. The summed E-state index contributed by atoms with van der Waals surface area (Å²) in [6, 6.07) is -0.714. The van der Waals surface area contributed by atoms with Gasteiger partial charge in [0.2, 0.25) is 5.91 Å². The van der Waals surface area contributed by atoms with Crippen molar-refractivity contribution in [1.29, 1.82) is 0 Å². The van der Waals surface area contributed by atoms with Gasteiger partial charge in [-0.15, -0.1) is 0 Å². The first kappa shape index (κ1) is 15.1. The highest BCUT2D eigenvalue weighted by molar-refractivity contribution is 5.95. The van der Waals surface area contributed by atoms with Gasteiger partial charge in [-0.25, -0.2) is 4.79 Å². The highest BCUT2D eigenvalue weighted by atomic mass is 16.5. The first-order valence-electron chi connectivity index (χ1n) is 6.11. The summed E-state index contributed by atoms with van der Waals surface area (Å²) in [5, 5.41) is 2.29. The molecule has 0 radical (unpaired) electrons. The molecule has 0 aliphatic carbocycles. The number of likely N-dealkylation sites (tertiary alicyclic amines) is 1. The van der Waals surface area contributed by atoms with Crippen molar-refractivity contribution in [2.45, 2.75) is 26.3 Å². The predicted octanol–water partition coefficient (Wildman–Crippen LogP) is -0.262. The van der Waals surface area contributed by atoms with Gasteiger partial charge in [-0.1, -0.05) is 13.8 Å².